The fourth-order valence-corrected chi connectivity index (χ4v) is 3.68. The van der Waals surface area contributed by atoms with Crippen LogP contribution in [0.25, 0.3) is 0 Å². The van der Waals surface area contributed by atoms with Gasteiger partial charge in [-0.1, -0.05) is 0 Å². The van der Waals surface area contributed by atoms with E-state index >= 15 is 0 Å². The molecule has 0 spiro atoms. The van der Waals surface area contributed by atoms with Crippen molar-refractivity contribution in [2.75, 3.05) is 12.8 Å². The molecular formula is C14H19N3O2S. The van der Waals surface area contributed by atoms with Crippen LogP contribution < -0.4 is 10.5 Å². The topological polar surface area (TPSA) is 70.1 Å². The predicted octanol–water partition coefficient (Wildman–Crippen LogP) is 2.10. The van der Waals surface area contributed by atoms with Gasteiger partial charge < -0.3 is 15.0 Å². The van der Waals surface area contributed by atoms with E-state index in [0.717, 1.165) is 22.4 Å². The summed E-state index contributed by atoms with van der Waals surface area (Å²) < 4.78 is 20.0. The van der Waals surface area contributed by atoms with Gasteiger partial charge in [0, 0.05) is 25.0 Å². The van der Waals surface area contributed by atoms with Gasteiger partial charge in [0.1, 0.15) is 16.5 Å². The number of methoxy groups -OCH3 is 1. The van der Waals surface area contributed by atoms with Crippen molar-refractivity contribution in [3.63, 3.8) is 0 Å². The molecule has 1 aromatic heterocycles. The van der Waals surface area contributed by atoms with E-state index in [0.29, 0.717) is 15.7 Å². The second-order valence-corrected chi connectivity index (χ2v) is 6.05. The summed E-state index contributed by atoms with van der Waals surface area (Å²) in [5.74, 6) is 0.731. The van der Waals surface area contributed by atoms with Crippen LogP contribution in [0.4, 0.5) is 5.69 Å². The normalized spacial score (nSPS) is 12.4. The summed E-state index contributed by atoms with van der Waals surface area (Å²) in [5, 5.41) is 0.477. The Morgan fingerprint density at radius 2 is 1.90 bits per heavy atom. The number of hydrogen-bond acceptors (Lipinski definition) is 4. The van der Waals surface area contributed by atoms with Crippen molar-refractivity contribution in [3.05, 3.63) is 29.1 Å². The zero-order valence-corrected chi connectivity index (χ0v) is 13.2. The fraction of sp³-hybridized carbons (Fsp3) is 0.357. The number of nitrogens with two attached hydrogens (primary N) is 1. The summed E-state index contributed by atoms with van der Waals surface area (Å²) in [7, 11) is 1.99. The largest absolute Gasteiger partial charge is 0.496 e. The molecule has 0 aliphatic rings. The average molecular weight is 293 g/mol. The first kappa shape index (κ1) is 14.6. The molecule has 0 saturated heterocycles. The molecule has 6 heteroatoms. The molecule has 2 aromatic rings. The number of anilines is 1. The van der Waals surface area contributed by atoms with Crippen molar-refractivity contribution in [2.24, 2.45) is 7.05 Å². The SMILES string of the molecule is COc1c(C)c(C)c(N)c(S(=O)c2nccn2C)c1C. The highest BCUT2D eigenvalue weighted by Crippen LogP contribution is 2.37. The molecule has 0 saturated carbocycles. The first-order valence-electron chi connectivity index (χ1n) is 6.22. The van der Waals surface area contributed by atoms with E-state index in [1.54, 1.807) is 24.1 Å². The maximum atomic E-state index is 12.8. The van der Waals surface area contributed by atoms with Crippen LogP contribution in [0.15, 0.2) is 22.4 Å². The van der Waals surface area contributed by atoms with Gasteiger partial charge in [-0.2, -0.15) is 0 Å². The zero-order chi connectivity index (χ0) is 15.0. The number of nitrogen functional groups attached to an aromatic ring is 1. The maximum absolute atomic E-state index is 12.8. The van der Waals surface area contributed by atoms with Gasteiger partial charge in [0.25, 0.3) is 0 Å². The number of hydrogen-bond donors (Lipinski definition) is 1. The van der Waals surface area contributed by atoms with Crippen LogP contribution in [0.2, 0.25) is 0 Å². The molecule has 1 atom stereocenters. The molecule has 0 aliphatic heterocycles. The lowest BCUT2D eigenvalue weighted by Crippen LogP contribution is -2.10. The monoisotopic (exact) mass is 293 g/mol. The Kier molecular flexibility index (Phi) is 3.85. The number of rotatable bonds is 3. The van der Waals surface area contributed by atoms with E-state index in [1.165, 1.54) is 0 Å². The number of aryl methyl sites for hydroxylation is 1. The Labute approximate surface area is 121 Å². The van der Waals surface area contributed by atoms with Gasteiger partial charge in [-0.05, 0) is 31.9 Å². The molecule has 1 aromatic carbocycles. The lowest BCUT2D eigenvalue weighted by Gasteiger charge is -2.18. The van der Waals surface area contributed by atoms with Crippen molar-refractivity contribution in [2.45, 2.75) is 30.8 Å². The molecule has 5 nitrogen and oxygen atoms in total. The number of aromatic nitrogens is 2. The Hall–Kier alpha value is -1.82. The highest BCUT2D eigenvalue weighted by Gasteiger charge is 2.23. The fourth-order valence-electron chi connectivity index (χ4n) is 2.30. The number of imidazole rings is 1. The molecular weight excluding hydrogens is 274 g/mol. The highest BCUT2D eigenvalue weighted by molar-refractivity contribution is 7.85. The van der Waals surface area contributed by atoms with E-state index < -0.39 is 10.8 Å². The summed E-state index contributed by atoms with van der Waals surface area (Å²) in [5.41, 5.74) is 9.39. The molecule has 1 unspecified atom stereocenters. The van der Waals surface area contributed by atoms with Crippen molar-refractivity contribution >= 4 is 16.5 Å². The van der Waals surface area contributed by atoms with Crippen LogP contribution in [-0.4, -0.2) is 20.9 Å². The minimum atomic E-state index is -1.43. The van der Waals surface area contributed by atoms with Gasteiger partial charge in [-0.15, -0.1) is 0 Å². The highest BCUT2D eigenvalue weighted by atomic mass is 32.2. The first-order chi connectivity index (χ1) is 9.40. The molecule has 2 rings (SSSR count). The molecule has 1 heterocycles. The standard InChI is InChI=1S/C14H19N3O2S/c1-8-9(2)12(19-5)10(3)13(11(8)15)20(18)14-16-6-7-17(14)4/h6-7H,15H2,1-5H3. The van der Waals surface area contributed by atoms with E-state index in [9.17, 15) is 4.21 Å². The Bertz CT molecular complexity index is 692. The van der Waals surface area contributed by atoms with Crippen LogP contribution in [-0.2, 0) is 17.8 Å². The lowest BCUT2D eigenvalue weighted by atomic mass is 10.0. The summed E-state index contributed by atoms with van der Waals surface area (Å²) in [4.78, 5) is 4.73. The smallest absolute Gasteiger partial charge is 0.203 e. The van der Waals surface area contributed by atoms with Crippen LogP contribution in [0.1, 0.15) is 16.7 Å². The van der Waals surface area contributed by atoms with Crippen LogP contribution in [0, 0.1) is 20.8 Å². The Morgan fingerprint density at radius 3 is 2.40 bits per heavy atom. The average Bonchev–Trinajstić information content (AvgIpc) is 2.83. The predicted molar refractivity (Wildman–Crippen MR) is 79.5 cm³/mol. The summed E-state index contributed by atoms with van der Waals surface area (Å²) in [6.07, 6.45) is 3.38. The molecule has 2 N–H and O–H groups in total. The summed E-state index contributed by atoms with van der Waals surface area (Å²) in [6, 6.07) is 0. The quantitative estimate of drug-likeness (QED) is 0.880. The van der Waals surface area contributed by atoms with Crippen molar-refractivity contribution < 1.29 is 8.95 Å². The van der Waals surface area contributed by atoms with Gasteiger partial charge in [-0.25, -0.2) is 9.19 Å². The van der Waals surface area contributed by atoms with Crippen LogP contribution in [0.3, 0.4) is 0 Å². The summed E-state index contributed by atoms with van der Waals surface area (Å²) in [6.45, 7) is 5.73. The maximum Gasteiger partial charge on any atom is 0.203 e. The van der Waals surface area contributed by atoms with Crippen molar-refractivity contribution in [1.29, 1.82) is 0 Å². The minimum Gasteiger partial charge on any atom is -0.496 e. The van der Waals surface area contributed by atoms with Gasteiger partial charge >= 0.3 is 0 Å². The third-order valence-electron chi connectivity index (χ3n) is 3.57. The Morgan fingerprint density at radius 1 is 1.25 bits per heavy atom. The van der Waals surface area contributed by atoms with Gasteiger partial charge in [-0.3, -0.25) is 0 Å². The van der Waals surface area contributed by atoms with Gasteiger partial charge in [0.2, 0.25) is 5.16 Å². The second kappa shape index (κ2) is 5.28. The number of benzene rings is 1. The van der Waals surface area contributed by atoms with Crippen molar-refractivity contribution in [3.8, 4) is 5.75 Å². The number of nitrogens with zero attached hydrogens (tertiary/aromatic N) is 2. The van der Waals surface area contributed by atoms with E-state index in [1.807, 2.05) is 27.8 Å². The van der Waals surface area contributed by atoms with Crippen LogP contribution >= 0.6 is 0 Å². The van der Waals surface area contributed by atoms with E-state index in [2.05, 4.69) is 4.98 Å². The minimum absolute atomic E-state index is 0.477. The molecule has 108 valence electrons. The van der Waals surface area contributed by atoms with Crippen LogP contribution in [0.5, 0.6) is 5.75 Å². The van der Waals surface area contributed by atoms with E-state index in [-0.39, 0.29) is 0 Å². The lowest BCUT2D eigenvalue weighted by molar-refractivity contribution is 0.406. The molecule has 0 aliphatic carbocycles. The van der Waals surface area contributed by atoms with Crippen molar-refractivity contribution in [1.82, 2.24) is 9.55 Å². The molecule has 0 radical (unpaired) electrons. The zero-order valence-electron chi connectivity index (χ0n) is 12.4. The van der Waals surface area contributed by atoms with Gasteiger partial charge in [0.05, 0.1) is 17.7 Å². The molecule has 0 amide bonds. The number of ether oxygens (including phenoxy) is 1. The van der Waals surface area contributed by atoms with E-state index in [4.69, 9.17) is 10.5 Å². The third-order valence-corrected chi connectivity index (χ3v) is 5.19. The molecule has 0 bridgehead atoms. The molecule has 0 fully saturated rings. The van der Waals surface area contributed by atoms with Gasteiger partial charge in [0.15, 0.2) is 0 Å². The third kappa shape index (κ3) is 2.10. The second-order valence-electron chi connectivity index (χ2n) is 4.74. The first-order valence-corrected chi connectivity index (χ1v) is 7.37. The Balaban J connectivity index is 2.72. The molecule has 20 heavy (non-hydrogen) atoms. The summed E-state index contributed by atoms with van der Waals surface area (Å²) >= 11 is 0.